The third-order valence-electron chi connectivity index (χ3n) is 4.09. The van der Waals surface area contributed by atoms with E-state index in [0.29, 0.717) is 58.3 Å². The van der Waals surface area contributed by atoms with E-state index < -0.39 is 11.1 Å². The number of ether oxygens (including phenoxy) is 4. The van der Waals surface area contributed by atoms with E-state index in [1.165, 1.54) is 0 Å². The molecule has 0 saturated carbocycles. The number of rotatable bonds is 18. The molecular formula is C20H36N4O4Si2. The van der Waals surface area contributed by atoms with Gasteiger partial charge in [-0.2, -0.15) is 20.8 Å². The van der Waals surface area contributed by atoms with Crippen LogP contribution >= 0.6 is 0 Å². The molecule has 0 aromatic heterocycles. The van der Waals surface area contributed by atoms with Crippen LogP contribution in [0.4, 0.5) is 0 Å². The Balaban J connectivity index is 4.79. The van der Waals surface area contributed by atoms with Crippen molar-refractivity contribution in [3.05, 3.63) is 0 Å². The van der Waals surface area contributed by atoms with Crippen LogP contribution in [-0.4, -0.2) is 68.4 Å². The molecule has 0 spiro atoms. The molecule has 8 nitrogen and oxygen atoms in total. The Morgan fingerprint density at radius 2 is 1.00 bits per heavy atom. The van der Waals surface area contributed by atoms with E-state index in [0.717, 1.165) is 12.1 Å². The number of hydrogen-bond acceptors (Lipinski definition) is 8. The average molecular weight is 453 g/mol. The van der Waals surface area contributed by atoms with Crippen molar-refractivity contribution in [1.82, 2.24) is 0 Å². The van der Waals surface area contributed by atoms with E-state index in [9.17, 15) is 10.5 Å². The maximum atomic E-state index is 9.62. The molecule has 30 heavy (non-hydrogen) atoms. The molecule has 2 atom stereocenters. The first-order valence-electron chi connectivity index (χ1n) is 10.5. The Labute approximate surface area is 187 Å². The van der Waals surface area contributed by atoms with E-state index in [1.54, 1.807) is 13.8 Å². The molecule has 10 heteroatoms. The molecule has 0 aliphatic carbocycles. The SMILES string of the molecule is CCOC(OCC)[Si]CCC(C)(C#N)N=NC(C)(C#N)CC[Si]C(OCC)OCC. The van der Waals surface area contributed by atoms with Gasteiger partial charge in [0.25, 0.3) is 0 Å². The number of hydrogen-bond donors (Lipinski definition) is 0. The monoisotopic (exact) mass is 452 g/mol. The molecule has 0 aliphatic rings. The van der Waals surface area contributed by atoms with Crippen LogP contribution in [0.1, 0.15) is 54.4 Å². The minimum atomic E-state index is -0.977. The van der Waals surface area contributed by atoms with Gasteiger partial charge in [-0.05, 0) is 54.4 Å². The number of nitriles is 2. The van der Waals surface area contributed by atoms with Crippen LogP contribution in [0.3, 0.4) is 0 Å². The molecule has 0 heterocycles. The zero-order valence-corrected chi connectivity index (χ0v) is 21.2. The number of azo groups is 1. The summed E-state index contributed by atoms with van der Waals surface area (Å²) in [5.74, 6) is -0.484. The molecule has 2 unspecified atom stereocenters. The van der Waals surface area contributed by atoms with Gasteiger partial charge in [0, 0.05) is 26.4 Å². The van der Waals surface area contributed by atoms with Crippen molar-refractivity contribution in [2.45, 2.75) is 89.4 Å². The van der Waals surface area contributed by atoms with Crippen LogP contribution in [0.25, 0.3) is 0 Å². The standard InChI is InChI=1S/C20H36N4O4Si2/c1-7-25-17(26-8-2)29-13-11-19(5,15-21)23-24-20(6,16-22)12-14-30-18(27-9-3)28-10-4/h17-18H,7-14H2,1-6H3. The molecule has 0 amide bonds. The van der Waals surface area contributed by atoms with Gasteiger partial charge in [-0.15, -0.1) is 0 Å². The highest BCUT2D eigenvalue weighted by atomic mass is 28.2. The topological polar surface area (TPSA) is 109 Å². The lowest BCUT2D eigenvalue weighted by Crippen LogP contribution is -2.29. The fourth-order valence-corrected chi connectivity index (χ4v) is 5.15. The van der Waals surface area contributed by atoms with Crippen LogP contribution in [0.15, 0.2) is 10.2 Å². The lowest BCUT2D eigenvalue weighted by Gasteiger charge is -2.21. The summed E-state index contributed by atoms with van der Waals surface area (Å²) in [6.07, 6.45) is 1.06. The Bertz CT molecular complexity index is 510. The first kappa shape index (κ1) is 28.9. The largest absolute Gasteiger partial charge is 0.357 e. The van der Waals surface area contributed by atoms with E-state index in [1.807, 2.05) is 27.7 Å². The highest BCUT2D eigenvalue weighted by Gasteiger charge is 2.29. The van der Waals surface area contributed by atoms with Crippen LogP contribution in [0, 0.1) is 22.7 Å². The highest BCUT2D eigenvalue weighted by molar-refractivity contribution is 6.36. The molecule has 0 aromatic carbocycles. The summed E-state index contributed by atoms with van der Waals surface area (Å²) in [6, 6.07) is 5.95. The molecule has 0 rings (SSSR count). The van der Waals surface area contributed by atoms with Crippen molar-refractivity contribution in [2.24, 2.45) is 10.2 Å². The van der Waals surface area contributed by atoms with Crippen molar-refractivity contribution in [1.29, 1.82) is 10.5 Å². The quantitative estimate of drug-likeness (QED) is 0.178. The van der Waals surface area contributed by atoms with Crippen molar-refractivity contribution >= 4 is 19.0 Å². The lowest BCUT2D eigenvalue weighted by atomic mass is 10.0. The van der Waals surface area contributed by atoms with Crippen molar-refractivity contribution in [2.75, 3.05) is 26.4 Å². The molecule has 0 saturated heterocycles. The fraction of sp³-hybridized carbons (Fsp3) is 0.900. The Morgan fingerprint density at radius 3 is 1.23 bits per heavy atom. The van der Waals surface area contributed by atoms with Gasteiger partial charge in [-0.3, -0.25) is 0 Å². The van der Waals surface area contributed by atoms with Gasteiger partial charge in [0.1, 0.15) is 30.9 Å². The van der Waals surface area contributed by atoms with E-state index in [4.69, 9.17) is 18.9 Å². The summed E-state index contributed by atoms with van der Waals surface area (Å²) < 4.78 is 22.2. The Hall–Kier alpha value is -1.15. The predicted molar refractivity (Wildman–Crippen MR) is 117 cm³/mol. The second kappa shape index (κ2) is 16.5. The molecule has 4 radical (unpaired) electrons. The zero-order chi connectivity index (χ0) is 22.9. The van der Waals surface area contributed by atoms with Gasteiger partial charge in [0.15, 0.2) is 11.1 Å². The summed E-state index contributed by atoms with van der Waals surface area (Å²) >= 11 is 0. The fourth-order valence-electron chi connectivity index (χ4n) is 2.28. The van der Waals surface area contributed by atoms with Gasteiger partial charge >= 0.3 is 0 Å². The molecular weight excluding hydrogens is 416 g/mol. The van der Waals surface area contributed by atoms with Crippen molar-refractivity contribution in [3.8, 4) is 12.1 Å². The maximum absolute atomic E-state index is 9.62. The summed E-state index contributed by atoms with van der Waals surface area (Å²) in [5, 5.41) is 27.8. The molecule has 168 valence electrons. The molecule has 0 N–H and O–H groups in total. The zero-order valence-electron chi connectivity index (χ0n) is 19.2. The third-order valence-corrected chi connectivity index (χ3v) is 6.50. The summed E-state index contributed by atoms with van der Waals surface area (Å²) in [7, 11) is 0.825. The maximum Gasteiger partial charge on any atom is 0.164 e. The smallest absolute Gasteiger partial charge is 0.164 e. The predicted octanol–water partition coefficient (Wildman–Crippen LogP) is 3.74. The second-order valence-corrected chi connectivity index (χ2v) is 9.62. The van der Waals surface area contributed by atoms with Gasteiger partial charge in [0.05, 0.1) is 12.1 Å². The summed E-state index contributed by atoms with van der Waals surface area (Å²) in [5.41, 5.74) is -1.95. The molecule has 0 fully saturated rings. The first-order chi connectivity index (χ1) is 14.3. The Morgan fingerprint density at radius 1 is 0.700 bits per heavy atom. The van der Waals surface area contributed by atoms with Crippen LogP contribution in [0.5, 0.6) is 0 Å². The highest BCUT2D eigenvalue weighted by Crippen LogP contribution is 2.24. The summed E-state index contributed by atoms with van der Waals surface area (Å²) in [6.45, 7) is 13.5. The van der Waals surface area contributed by atoms with Crippen LogP contribution < -0.4 is 0 Å². The van der Waals surface area contributed by atoms with Gasteiger partial charge in [-0.25, -0.2) is 0 Å². The van der Waals surface area contributed by atoms with E-state index in [-0.39, 0.29) is 11.8 Å². The van der Waals surface area contributed by atoms with Crippen LogP contribution in [0.2, 0.25) is 12.1 Å². The van der Waals surface area contributed by atoms with Gasteiger partial charge in [0.2, 0.25) is 0 Å². The normalized spacial score (nSPS) is 15.8. The van der Waals surface area contributed by atoms with Crippen molar-refractivity contribution < 1.29 is 18.9 Å². The molecule has 0 bridgehead atoms. The van der Waals surface area contributed by atoms with Gasteiger partial charge < -0.3 is 18.9 Å². The van der Waals surface area contributed by atoms with Crippen molar-refractivity contribution in [3.63, 3.8) is 0 Å². The lowest BCUT2D eigenvalue weighted by molar-refractivity contribution is -0.0830. The average Bonchev–Trinajstić information content (AvgIpc) is 2.73. The first-order valence-corrected chi connectivity index (χ1v) is 13.1. The third kappa shape index (κ3) is 12.5. The molecule has 0 aromatic rings. The minimum Gasteiger partial charge on any atom is -0.357 e. The Kier molecular flexibility index (Phi) is 15.9. The minimum absolute atomic E-state index is 0.242. The molecule has 0 aliphatic heterocycles. The number of nitrogens with zero attached hydrogens (tertiary/aromatic N) is 4. The van der Waals surface area contributed by atoms with Gasteiger partial charge in [-0.1, -0.05) is 12.1 Å². The van der Waals surface area contributed by atoms with Crippen LogP contribution in [-0.2, 0) is 18.9 Å². The second-order valence-electron chi connectivity index (χ2n) is 6.86. The summed E-state index contributed by atoms with van der Waals surface area (Å²) in [4.78, 5) is 0. The van der Waals surface area contributed by atoms with E-state index >= 15 is 0 Å². The van der Waals surface area contributed by atoms with E-state index in [2.05, 4.69) is 22.4 Å².